The van der Waals surface area contributed by atoms with Crippen molar-refractivity contribution in [3.63, 3.8) is 0 Å². The van der Waals surface area contributed by atoms with Crippen LogP contribution in [0.15, 0.2) is 83.8 Å². The fourth-order valence-electron chi connectivity index (χ4n) is 3.28. The van der Waals surface area contributed by atoms with Gasteiger partial charge in [-0.15, -0.1) is 0 Å². The van der Waals surface area contributed by atoms with Gasteiger partial charge in [-0.25, -0.2) is 8.42 Å². The van der Waals surface area contributed by atoms with Crippen LogP contribution >= 0.6 is 0 Å². The molecule has 0 fully saturated rings. The molecule has 8 heteroatoms. The number of rotatable bonds is 8. The average Bonchev–Trinajstić information content (AvgIpc) is 2.79. The lowest BCUT2D eigenvalue weighted by Crippen LogP contribution is -2.45. The summed E-state index contributed by atoms with van der Waals surface area (Å²) in [6.45, 7) is 7.11. The highest BCUT2D eigenvalue weighted by Gasteiger charge is 2.30. The topological polar surface area (TPSA) is 102 Å². The van der Waals surface area contributed by atoms with E-state index in [1.165, 1.54) is 24.3 Å². The summed E-state index contributed by atoms with van der Waals surface area (Å²) >= 11 is 0. The quantitative estimate of drug-likeness (QED) is 0.450. The van der Waals surface area contributed by atoms with Gasteiger partial charge in [-0.3, -0.25) is 9.59 Å². The van der Waals surface area contributed by atoms with Crippen LogP contribution in [0.5, 0.6) is 0 Å². The van der Waals surface area contributed by atoms with Crippen molar-refractivity contribution in [2.45, 2.75) is 50.7 Å². The summed E-state index contributed by atoms with van der Waals surface area (Å²) in [4.78, 5) is 25.2. The standard InChI is InChI=1S/C27H30N2O5S/c1-19-10-12-21(13-11-19)25(30)28-22-14-16-23(17-15-22)35(32,33)29-24(26(31)34-27(2,3)4)18-20-8-6-5-7-9-20/h5-17,24,29H,18H2,1-4H3,(H,28,30)/t24-/m1/s1. The molecule has 3 aromatic carbocycles. The zero-order chi connectivity index (χ0) is 25.6. The van der Waals surface area contributed by atoms with E-state index in [1.54, 1.807) is 32.9 Å². The van der Waals surface area contributed by atoms with Crippen molar-refractivity contribution in [2.24, 2.45) is 0 Å². The fourth-order valence-corrected chi connectivity index (χ4v) is 4.46. The van der Waals surface area contributed by atoms with Crippen molar-refractivity contribution >= 4 is 27.6 Å². The lowest BCUT2D eigenvalue weighted by Gasteiger charge is -2.24. The van der Waals surface area contributed by atoms with E-state index in [0.29, 0.717) is 11.3 Å². The molecule has 0 radical (unpaired) electrons. The first kappa shape index (κ1) is 26.1. The van der Waals surface area contributed by atoms with Crippen LogP contribution in [0.3, 0.4) is 0 Å². The number of ether oxygens (including phenoxy) is 1. The highest BCUT2D eigenvalue weighted by molar-refractivity contribution is 7.89. The number of amides is 1. The first-order valence-electron chi connectivity index (χ1n) is 11.2. The first-order chi connectivity index (χ1) is 16.4. The Morgan fingerprint density at radius 2 is 1.49 bits per heavy atom. The second-order valence-corrected chi connectivity index (χ2v) is 11.0. The van der Waals surface area contributed by atoms with Crippen molar-refractivity contribution in [1.82, 2.24) is 4.72 Å². The summed E-state index contributed by atoms with van der Waals surface area (Å²) in [5.41, 5.74) is 2.01. The Hall–Kier alpha value is -3.49. The molecule has 0 saturated carbocycles. The predicted molar refractivity (Wildman–Crippen MR) is 136 cm³/mol. The predicted octanol–water partition coefficient (Wildman–Crippen LogP) is 4.48. The van der Waals surface area contributed by atoms with Crippen LogP contribution in [-0.4, -0.2) is 31.9 Å². The number of hydrogen-bond acceptors (Lipinski definition) is 5. The van der Waals surface area contributed by atoms with E-state index in [1.807, 2.05) is 49.4 Å². The van der Waals surface area contributed by atoms with Crippen LogP contribution in [0.4, 0.5) is 5.69 Å². The van der Waals surface area contributed by atoms with Crippen LogP contribution in [0.1, 0.15) is 42.3 Å². The lowest BCUT2D eigenvalue weighted by atomic mass is 10.1. The zero-order valence-corrected chi connectivity index (χ0v) is 21.1. The van der Waals surface area contributed by atoms with Gasteiger partial charge in [-0.05, 0) is 76.1 Å². The molecule has 35 heavy (non-hydrogen) atoms. The smallest absolute Gasteiger partial charge is 0.325 e. The molecule has 0 aliphatic carbocycles. The van der Waals surface area contributed by atoms with E-state index < -0.39 is 27.6 Å². The molecule has 0 saturated heterocycles. The molecular weight excluding hydrogens is 464 g/mol. The second-order valence-electron chi connectivity index (χ2n) is 9.24. The number of anilines is 1. The maximum atomic E-state index is 13.1. The second kappa shape index (κ2) is 10.8. The minimum atomic E-state index is -4.05. The number of nitrogens with one attached hydrogen (secondary N) is 2. The summed E-state index contributed by atoms with van der Waals surface area (Å²) in [5, 5.41) is 2.75. The molecule has 3 aromatic rings. The molecule has 0 spiro atoms. The van der Waals surface area contributed by atoms with Crippen molar-refractivity contribution < 1.29 is 22.7 Å². The molecule has 0 aliphatic rings. The minimum Gasteiger partial charge on any atom is -0.459 e. The number of benzene rings is 3. The van der Waals surface area contributed by atoms with E-state index in [4.69, 9.17) is 4.74 Å². The van der Waals surface area contributed by atoms with Gasteiger partial charge in [0.25, 0.3) is 5.91 Å². The third kappa shape index (κ3) is 7.77. The van der Waals surface area contributed by atoms with E-state index in [9.17, 15) is 18.0 Å². The summed E-state index contributed by atoms with van der Waals surface area (Å²) in [6.07, 6.45) is 0.139. The van der Waals surface area contributed by atoms with E-state index in [0.717, 1.165) is 11.1 Å². The molecule has 0 heterocycles. The third-order valence-electron chi connectivity index (χ3n) is 5.01. The molecule has 0 aliphatic heterocycles. The number of esters is 1. The molecule has 0 bridgehead atoms. The van der Waals surface area contributed by atoms with Gasteiger partial charge in [0.15, 0.2) is 0 Å². The maximum Gasteiger partial charge on any atom is 0.325 e. The van der Waals surface area contributed by atoms with Gasteiger partial charge >= 0.3 is 5.97 Å². The highest BCUT2D eigenvalue weighted by Crippen LogP contribution is 2.18. The molecule has 2 N–H and O–H groups in total. The number of sulfonamides is 1. The maximum absolute atomic E-state index is 13.1. The van der Waals surface area contributed by atoms with Gasteiger partial charge in [0.1, 0.15) is 11.6 Å². The molecule has 184 valence electrons. The molecule has 3 rings (SSSR count). The van der Waals surface area contributed by atoms with E-state index >= 15 is 0 Å². The zero-order valence-electron chi connectivity index (χ0n) is 20.2. The molecular formula is C27H30N2O5S. The largest absolute Gasteiger partial charge is 0.459 e. The van der Waals surface area contributed by atoms with Crippen LogP contribution in [-0.2, 0) is 26.0 Å². The van der Waals surface area contributed by atoms with Crippen LogP contribution in [0, 0.1) is 6.92 Å². The highest BCUT2D eigenvalue weighted by atomic mass is 32.2. The van der Waals surface area contributed by atoms with Crippen molar-refractivity contribution in [1.29, 1.82) is 0 Å². The van der Waals surface area contributed by atoms with Crippen LogP contribution < -0.4 is 10.0 Å². The van der Waals surface area contributed by atoms with Gasteiger partial charge in [0.2, 0.25) is 10.0 Å². The molecule has 7 nitrogen and oxygen atoms in total. The monoisotopic (exact) mass is 494 g/mol. The fraction of sp³-hybridized carbons (Fsp3) is 0.259. The molecule has 0 unspecified atom stereocenters. The number of carbonyl (C=O) groups is 2. The molecule has 1 atom stereocenters. The lowest BCUT2D eigenvalue weighted by molar-refractivity contribution is -0.156. The van der Waals surface area contributed by atoms with Crippen LogP contribution in [0.25, 0.3) is 0 Å². The first-order valence-corrected chi connectivity index (χ1v) is 12.7. The third-order valence-corrected chi connectivity index (χ3v) is 6.50. The number of carbonyl (C=O) groups excluding carboxylic acids is 2. The molecule has 1 amide bonds. The van der Waals surface area contributed by atoms with E-state index in [2.05, 4.69) is 10.0 Å². The van der Waals surface area contributed by atoms with E-state index in [-0.39, 0.29) is 17.2 Å². The van der Waals surface area contributed by atoms with Gasteiger partial charge in [0.05, 0.1) is 4.90 Å². The Morgan fingerprint density at radius 1 is 0.886 bits per heavy atom. The summed E-state index contributed by atoms with van der Waals surface area (Å²) in [5.74, 6) is -0.960. The Morgan fingerprint density at radius 3 is 2.06 bits per heavy atom. The average molecular weight is 495 g/mol. The van der Waals surface area contributed by atoms with Crippen molar-refractivity contribution in [3.8, 4) is 0 Å². The number of aryl methyl sites for hydroxylation is 1. The Labute approximate surface area is 206 Å². The Balaban J connectivity index is 1.75. The van der Waals surface area contributed by atoms with Crippen LogP contribution in [0.2, 0.25) is 0 Å². The SMILES string of the molecule is Cc1ccc(C(=O)Nc2ccc(S(=O)(=O)N[C@H](Cc3ccccc3)C(=O)OC(C)(C)C)cc2)cc1. The Kier molecular flexibility index (Phi) is 8.09. The van der Waals surface area contributed by atoms with Gasteiger partial charge in [-0.2, -0.15) is 4.72 Å². The van der Waals surface area contributed by atoms with Crippen molar-refractivity contribution in [3.05, 3.63) is 95.6 Å². The minimum absolute atomic E-state index is 0.0348. The van der Waals surface area contributed by atoms with Crippen molar-refractivity contribution in [2.75, 3.05) is 5.32 Å². The summed E-state index contributed by atoms with van der Waals surface area (Å²) in [7, 11) is -4.05. The Bertz CT molecular complexity index is 1260. The summed E-state index contributed by atoms with van der Waals surface area (Å²) in [6, 6.07) is 20.9. The van der Waals surface area contributed by atoms with Gasteiger partial charge in [-0.1, -0.05) is 48.0 Å². The van der Waals surface area contributed by atoms with Gasteiger partial charge in [0, 0.05) is 11.3 Å². The summed E-state index contributed by atoms with van der Waals surface area (Å²) < 4.78 is 34.1. The molecule has 0 aromatic heterocycles. The number of hydrogen-bond donors (Lipinski definition) is 2. The van der Waals surface area contributed by atoms with Gasteiger partial charge < -0.3 is 10.1 Å². The normalized spacial score (nSPS) is 12.6.